The van der Waals surface area contributed by atoms with Gasteiger partial charge in [0.25, 0.3) is 0 Å². The maximum absolute atomic E-state index is 6.67. The van der Waals surface area contributed by atoms with Gasteiger partial charge in [0.15, 0.2) is 17.5 Å². The van der Waals surface area contributed by atoms with E-state index in [2.05, 4.69) is 218 Å². The van der Waals surface area contributed by atoms with E-state index in [1.807, 2.05) is 18.2 Å². The average Bonchev–Trinajstić information content (AvgIpc) is 4.09. The van der Waals surface area contributed by atoms with Crippen molar-refractivity contribution in [3.05, 3.63) is 259 Å². The van der Waals surface area contributed by atoms with E-state index in [9.17, 15) is 0 Å². The van der Waals surface area contributed by atoms with Gasteiger partial charge in [-0.25, -0.2) is 15.0 Å². The Morgan fingerprint density at radius 3 is 1.70 bits per heavy atom. The van der Waals surface area contributed by atoms with Crippen LogP contribution in [0.15, 0.2) is 241 Å². The normalized spacial score (nSPS) is 12.8. The van der Waals surface area contributed by atoms with Gasteiger partial charge in [-0.3, -0.25) is 0 Å². The first-order chi connectivity index (χ1) is 34.2. The maximum Gasteiger partial charge on any atom is 0.164 e. The van der Waals surface area contributed by atoms with Crippen molar-refractivity contribution in [3.8, 4) is 67.5 Å². The Bertz CT molecular complexity index is 4100. The van der Waals surface area contributed by atoms with E-state index in [1.165, 1.54) is 53.6 Å². The minimum atomic E-state index is -0.500. The summed E-state index contributed by atoms with van der Waals surface area (Å²) in [7, 11) is 0. The highest BCUT2D eigenvalue weighted by Gasteiger charge is 2.46. The van der Waals surface area contributed by atoms with Gasteiger partial charge in [-0.1, -0.05) is 194 Å². The third-order valence-corrected chi connectivity index (χ3v) is 15.2. The van der Waals surface area contributed by atoms with Crippen LogP contribution in [0.5, 0.6) is 0 Å². The first-order valence-electron chi connectivity index (χ1n) is 23.3. The van der Waals surface area contributed by atoms with Crippen molar-refractivity contribution in [1.82, 2.24) is 15.0 Å². The number of hydrogen-bond donors (Lipinski definition) is 0. The van der Waals surface area contributed by atoms with Crippen molar-refractivity contribution >= 4 is 53.4 Å². The number of thiophene rings is 1. The largest absolute Gasteiger partial charge is 0.456 e. The summed E-state index contributed by atoms with van der Waals surface area (Å²) in [6.45, 7) is 0. The Morgan fingerprint density at radius 2 is 0.884 bits per heavy atom. The number of rotatable bonds is 7. The fourth-order valence-corrected chi connectivity index (χ4v) is 12.1. The Hall–Kier alpha value is -8.77. The second-order valence-electron chi connectivity index (χ2n) is 17.8. The van der Waals surface area contributed by atoms with Crippen molar-refractivity contribution in [1.29, 1.82) is 0 Å². The van der Waals surface area contributed by atoms with Gasteiger partial charge in [0.2, 0.25) is 0 Å². The minimum absolute atomic E-state index is 0.500. The molecule has 0 spiro atoms. The monoisotopic (exact) mass is 897 g/mol. The highest BCUT2D eigenvalue weighted by molar-refractivity contribution is 7.25. The van der Waals surface area contributed by atoms with Crippen LogP contribution in [-0.2, 0) is 5.41 Å². The molecule has 1 aliphatic carbocycles. The summed E-state index contributed by atoms with van der Waals surface area (Å²) >= 11 is 1.79. The Morgan fingerprint density at radius 1 is 0.319 bits per heavy atom. The molecule has 1 aliphatic rings. The number of fused-ring (bicyclic) bond motifs is 9. The van der Waals surface area contributed by atoms with Crippen molar-refractivity contribution in [3.63, 3.8) is 0 Å². The molecule has 5 heteroatoms. The summed E-state index contributed by atoms with van der Waals surface area (Å²) in [5.41, 5.74) is 15.8. The first-order valence-corrected chi connectivity index (χ1v) is 24.1. The molecular formula is C64H39N3OS. The smallest absolute Gasteiger partial charge is 0.164 e. The van der Waals surface area contributed by atoms with Crippen LogP contribution in [0.1, 0.15) is 22.3 Å². The lowest BCUT2D eigenvalue weighted by molar-refractivity contribution is 0.669. The molecule has 0 bridgehead atoms. The second kappa shape index (κ2) is 15.7. The Kier molecular flexibility index (Phi) is 8.95. The summed E-state index contributed by atoms with van der Waals surface area (Å²) in [5.74, 6) is 1.81. The Labute approximate surface area is 402 Å². The predicted octanol–water partition coefficient (Wildman–Crippen LogP) is 16.8. The lowest BCUT2D eigenvalue weighted by Crippen LogP contribution is -2.28. The number of furan rings is 1. The number of hydrogen-bond acceptors (Lipinski definition) is 5. The predicted molar refractivity (Wildman–Crippen MR) is 284 cm³/mol. The molecule has 0 radical (unpaired) electrons. The van der Waals surface area contributed by atoms with E-state index in [4.69, 9.17) is 19.4 Å². The molecule has 322 valence electrons. The zero-order chi connectivity index (χ0) is 45.5. The molecule has 10 aromatic carbocycles. The van der Waals surface area contributed by atoms with Crippen LogP contribution in [0, 0.1) is 0 Å². The molecule has 3 heterocycles. The van der Waals surface area contributed by atoms with Crippen LogP contribution in [-0.4, -0.2) is 15.0 Å². The van der Waals surface area contributed by atoms with Gasteiger partial charge in [-0.2, -0.15) is 0 Å². The molecular weight excluding hydrogens is 859 g/mol. The van der Waals surface area contributed by atoms with Crippen LogP contribution in [0.4, 0.5) is 0 Å². The Balaban J connectivity index is 0.954. The number of benzene rings is 10. The first kappa shape index (κ1) is 39.4. The molecule has 3 aromatic heterocycles. The van der Waals surface area contributed by atoms with Gasteiger partial charge < -0.3 is 4.42 Å². The molecule has 0 aliphatic heterocycles. The van der Waals surface area contributed by atoms with E-state index >= 15 is 0 Å². The van der Waals surface area contributed by atoms with Gasteiger partial charge in [0.05, 0.1) is 5.41 Å². The van der Waals surface area contributed by atoms with Crippen LogP contribution in [0.25, 0.3) is 110 Å². The van der Waals surface area contributed by atoms with Crippen LogP contribution in [0.2, 0.25) is 0 Å². The van der Waals surface area contributed by atoms with E-state index in [-0.39, 0.29) is 0 Å². The van der Waals surface area contributed by atoms with E-state index in [0.29, 0.717) is 17.5 Å². The second-order valence-corrected chi connectivity index (χ2v) is 18.9. The minimum Gasteiger partial charge on any atom is -0.456 e. The summed E-state index contributed by atoms with van der Waals surface area (Å²) in [6, 6.07) is 84.7. The topological polar surface area (TPSA) is 51.8 Å². The molecule has 0 saturated heterocycles. The molecule has 0 N–H and O–H groups in total. The lowest BCUT2D eigenvalue weighted by atomic mass is 9.67. The summed E-state index contributed by atoms with van der Waals surface area (Å²) < 4.78 is 9.12. The lowest BCUT2D eigenvalue weighted by Gasteiger charge is -2.34. The third-order valence-electron chi connectivity index (χ3n) is 14.0. The summed E-state index contributed by atoms with van der Waals surface area (Å²) in [5, 5.41) is 4.45. The van der Waals surface area contributed by atoms with Crippen molar-refractivity contribution < 1.29 is 4.42 Å². The summed E-state index contributed by atoms with van der Waals surface area (Å²) in [4.78, 5) is 15.9. The summed E-state index contributed by atoms with van der Waals surface area (Å²) in [6.07, 6.45) is 0. The zero-order valence-corrected chi connectivity index (χ0v) is 38.0. The van der Waals surface area contributed by atoms with Gasteiger partial charge in [-0.05, 0) is 98.1 Å². The standard InChI is InChI=1S/C64H39N3OS/c1-4-16-40(17-5-1)41-18-14-19-44(36-41)61-65-62(45-31-34-51-50-25-11-13-29-58(50)69-59(51)39-45)67-63(66-61)52-26-15-28-57-60(52)53-37-42(32-35-56(53)68-57)43-30-33-49-48-24-10-12-27-54(48)64(55(49)38-43,46-20-6-2-7-21-46)47-22-8-3-9-23-47/h1-39H. The zero-order valence-electron chi connectivity index (χ0n) is 37.2. The molecule has 14 rings (SSSR count). The molecule has 0 amide bonds. The third kappa shape index (κ3) is 6.25. The molecule has 0 saturated carbocycles. The molecule has 4 nitrogen and oxygen atoms in total. The maximum atomic E-state index is 6.67. The SMILES string of the molecule is c1ccc(-c2cccc(-c3nc(-c4ccc5c(c4)sc4ccccc45)nc(-c4cccc5oc6ccc(-c7ccc8c(c7)C(c7ccccc7)(c7ccccc7)c7ccccc7-8)cc6c45)n3)c2)cc1. The molecule has 13 aromatic rings. The van der Waals surface area contributed by atoms with Crippen molar-refractivity contribution in [2.24, 2.45) is 0 Å². The van der Waals surface area contributed by atoms with Gasteiger partial charge in [0.1, 0.15) is 11.2 Å². The van der Waals surface area contributed by atoms with Crippen LogP contribution in [0.3, 0.4) is 0 Å². The number of aromatic nitrogens is 3. The van der Waals surface area contributed by atoms with Crippen molar-refractivity contribution in [2.75, 3.05) is 0 Å². The highest BCUT2D eigenvalue weighted by Crippen LogP contribution is 2.57. The fourth-order valence-electron chi connectivity index (χ4n) is 10.9. The molecule has 0 fully saturated rings. The number of nitrogens with zero attached hydrogens (tertiary/aromatic N) is 3. The van der Waals surface area contributed by atoms with E-state index in [0.717, 1.165) is 60.9 Å². The van der Waals surface area contributed by atoms with E-state index < -0.39 is 5.41 Å². The van der Waals surface area contributed by atoms with Gasteiger partial charge in [-0.15, -0.1) is 11.3 Å². The molecule has 69 heavy (non-hydrogen) atoms. The fraction of sp³-hybridized carbons (Fsp3) is 0.0156. The molecule has 0 atom stereocenters. The molecule has 0 unspecified atom stereocenters. The average molecular weight is 898 g/mol. The van der Waals surface area contributed by atoms with Crippen LogP contribution < -0.4 is 0 Å². The quantitative estimate of drug-likeness (QED) is 0.160. The van der Waals surface area contributed by atoms with Gasteiger partial charge in [0, 0.05) is 47.6 Å². The van der Waals surface area contributed by atoms with E-state index in [1.54, 1.807) is 11.3 Å². The van der Waals surface area contributed by atoms with Crippen LogP contribution >= 0.6 is 11.3 Å². The van der Waals surface area contributed by atoms with Crippen molar-refractivity contribution in [2.45, 2.75) is 5.41 Å². The van der Waals surface area contributed by atoms with Gasteiger partial charge >= 0.3 is 0 Å². The highest BCUT2D eigenvalue weighted by atomic mass is 32.1.